The number of aryl methyl sites for hydroxylation is 1. The van der Waals surface area contributed by atoms with Crippen molar-refractivity contribution >= 4 is 11.7 Å². The summed E-state index contributed by atoms with van der Waals surface area (Å²) in [5, 5.41) is 9.78. The van der Waals surface area contributed by atoms with Gasteiger partial charge in [0.05, 0.1) is 17.3 Å². The summed E-state index contributed by atoms with van der Waals surface area (Å²) in [7, 11) is 0. The molecule has 4 rings (SSSR count). The zero-order chi connectivity index (χ0) is 22.9. The lowest BCUT2D eigenvalue weighted by atomic mass is 10.1. The minimum Gasteiger partial charge on any atom is -0.310 e. The van der Waals surface area contributed by atoms with Gasteiger partial charge in [0.15, 0.2) is 0 Å². The summed E-state index contributed by atoms with van der Waals surface area (Å²) in [6.45, 7) is 1.68. The van der Waals surface area contributed by atoms with Crippen molar-refractivity contribution in [2.45, 2.75) is 38.4 Å². The molecule has 32 heavy (non-hydrogen) atoms. The number of hydrogen-bond acceptors (Lipinski definition) is 3. The van der Waals surface area contributed by atoms with E-state index in [0.717, 1.165) is 37.1 Å². The van der Waals surface area contributed by atoms with Crippen LogP contribution in [0.1, 0.15) is 40.0 Å². The normalized spacial score (nSPS) is 14.5. The highest BCUT2D eigenvalue weighted by molar-refractivity contribution is 6.07. The molecule has 1 saturated carbocycles. The molecule has 1 amide bonds. The SMILES string of the molecule is Cc1ccc(-c2cc(CC(=NC3CC3)NC(=O)c3ccc(C(F)(F)F)cc3)[nH]n2)cc1F. The number of aromatic nitrogens is 2. The van der Waals surface area contributed by atoms with Crippen LogP contribution in [0.5, 0.6) is 0 Å². The molecular formula is C23H20F4N4O. The van der Waals surface area contributed by atoms with Crippen LogP contribution in [0.3, 0.4) is 0 Å². The first kappa shape index (κ1) is 21.7. The smallest absolute Gasteiger partial charge is 0.310 e. The molecule has 5 nitrogen and oxygen atoms in total. The monoisotopic (exact) mass is 444 g/mol. The molecule has 1 aromatic heterocycles. The van der Waals surface area contributed by atoms with Crippen LogP contribution in [-0.4, -0.2) is 28.0 Å². The number of nitrogens with zero attached hydrogens (tertiary/aromatic N) is 2. The number of benzene rings is 2. The number of alkyl halides is 3. The zero-order valence-electron chi connectivity index (χ0n) is 17.1. The van der Waals surface area contributed by atoms with Crippen molar-refractivity contribution in [3.05, 3.63) is 76.7 Å². The van der Waals surface area contributed by atoms with Crippen LogP contribution >= 0.6 is 0 Å². The fourth-order valence-electron chi connectivity index (χ4n) is 3.09. The Balaban J connectivity index is 1.48. The highest BCUT2D eigenvalue weighted by atomic mass is 19.4. The van der Waals surface area contributed by atoms with Crippen molar-refractivity contribution in [2.24, 2.45) is 4.99 Å². The summed E-state index contributed by atoms with van der Waals surface area (Å²) >= 11 is 0. The Kier molecular flexibility index (Phi) is 5.82. The van der Waals surface area contributed by atoms with E-state index in [1.54, 1.807) is 25.1 Å². The Labute approximate surface area is 181 Å². The molecule has 3 aromatic rings. The number of aliphatic imine (C=N–C) groups is 1. The van der Waals surface area contributed by atoms with Crippen LogP contribution in [0.2, 0.25) is 0 Å². The molecule has 2 N–H and O–H groups in total. The third kappa shape index (κ3) is 5.22. The topological polar surface area (TPSA) is 70.1 Å². The van der Waals surface area contributed by atoms with E-state index >= 15 is 0 Å². The molecule has 0 spiro atoms. The molecule has 0 saturated heterocycles. The Bertz CT molecular complexity index is 1160. The van der Waals surface area contributed by atoms with Crippen molar-refractivity contribution in [3.8, 4) is 11.3 Å². The molecule has 1 fully saturated rings. The van der Waals surface area contributed by atoms with E-state index in [0.29, 0.717) is 28.4 Å². The van der Waals surface area contributed by atoms with Crippen molar-refractivity contribution < 1.29 is 22.4 Å². The van der Waals surface area contributed by atoms with Crippen molar-refractivity contribution in [1.29, 1.82) is 0 Å². The Hall–Kier alpha value is -3.49. The Morgan fingerprint density at radius 2 is 1.88 bits per heavy atom. The van der Waals surface area contributed by atoms with E-state index in [4.69, 9.17) is 0 Å². The van der Waals surface area contributed by atoms with Crippen LogP contribution in [0.4, 0.5) is 17.6 Å². The second-order valence-electron chi connectivity index (χ2n) is 7.76. The van der Waals surface area contributed by atoms with Crippen LogP contribution in [-0.2, 0) is 12.6 Å². The van der Waals surface area contributed by atoms with Crippen LogP contribution in [0.25, 0.3) is 11.3 Å². The van der Waals surface area contributed by atoms with Gasteiger partial charge in [-0.15, -0.1) is 0 Å². The third-order valence-electron chi connectivity index (χ3n) is 5.07. The van der Waals surface area contributed by atoms with Gasteiger partial charge in [0.1, 0.15) is 11.7 Å². The van der Waals surface area contributed by atoms with Crippen LogP contribution < -0.4 is 5.32 Å². The summed E-state index contributed by atoms with van der Waals surface area (Å²) in [4.78, 5) is 17.1. The molecule has 1 aliphatic rings. The molecule has 0 bridgehead atoms. The zero-order valence-corrected chi connectivity index (χ0v) is 17.1. The van der Waals surface area contributed by atoms with Gasteiger partial charge >= 0.3 is 6.18 Å². The van der Waals surface area contributed by atoms with Gasteiger partial charge < -0.3 is 5.32 Å². The number of H-pyrrole nitrogens is 1. The predicted molar refractivity (Wildman–Crippen MR) is 112 cm³/mol. The number of aromatic amines is 1. The van der Waals surface area contributed by atoms with E-state index < -0.39 is 17.6 Å². The summed E-state index contributed by atoms with van der Waals surface area (Å²) in [6.07, 6.45) is -2.40. The van der Waals surface area contributed by atoms with E-state index in [9.17, 15) is 22.4 Å². The maximum atomic E-state index is 13.9. The maximum absolute atomic E-state index is 13.9. The molecule has 0 aliphatic heterocycles. The molecule has 2 aromatic carbocycles. The van der Waals surface area contributed by atoms with Gasteiger partial charge in [-0.25, -0.2) is 4.39 Å². The molecule has 0 atom stereocenters. The fraction of sp³-hybridized carbons (Fsp3) is 0.261. The Morgan fingerprint density at radius 1 is 1.16 bits per heavy atom. The first-order chi connectivity index (χ1) is 15.2. The second-order valence-corrected chi connectivity index (χ2v) is 7.76. The van der Waals surface area contributed by atoms with Gasteiger partial charge in [0, 0.05) is 23.2 Å². The van der Waals surface area contributed by atoms with E-state index in [2.05, 4.69) is 20.5 Å². The number of carbonyl (C=O) groups excluding carboxylic acids is 1. The number of rotatable bonds is 5. The highest BCUT2D eigenvalue weighted by Crippen LogP contribution is 2.29. The summed E-state index contributed by atoms with van der Waals surface area (Å²) < 4.78 is 52.1. The highest BCUT2D eigenvalue weighted by Gasteiger charge is 2.30. The van der Waals surface area contributed by atoms with Crippen molar-refractivity contribution in [1.82, 2.24) is 15.5 Å². The van der Waals surface area contributed by atoms with Crippen molar-refractivity contribution in [2.75, 3.05) is 0 Å². The Morgan fingerprint density at radius 3 is 2.50 bits per heavy atom. The molecule has 0 unspecified atom stereocenters. The number of amides is 1. The summed E-state index contributed by atoms with van der Waals surface area (Å²) in [6, 6.07) is 10.7. The number of nitrogens with one attached hydrogen (secondary N) is 2. The van der Waals surface area contributed by atoms with Crippen LogP contribution in [0.15, 0.2) is 53.5 Å². The molecular weight excluding hydrogens is 424 g/mol. The lowest BCUT2D eigenvalue weighted by molar-refractivity contribution is -0.137. The number of carbonyl (C=O) groups is 1. The van der Waals surface area contributed by atoms with Gasteiger partial charge in [-0.2, -0.15) is 18.3 Å². The van der Waals surface area contributed by atoms with Crippen LogP contribution in [0, 0.1) is 12.7 Å². The van der Waals surface area contributed by atoms with Crippen molar-refractivity contribution in [3.63, 3.8) is 0 Å². The molecule has 9 heteroatoms. The van der Waals surface area contributed by atoms with E-state index in [1.807, 2.05) is 0 Å². The van der Waals surface area contributed by atoms with Gasteiger partial charge in [0.25, 0.3) is 5.91 Å². The first-order valence-corrected chi connectivity index (χ1v) is 10.0. The number of hydrogen-bond donors (Lipinski definition) is 2. The maximum Gasteiger partial charge on any atom is 0.416 e. The average molecular weight is 444 g/mol. The minimum absolute atomic E-state index is 0.0990. The fourth-order valence-corrected chi connectivity index (χ4v) is 3.09. The van der Waals surface area contributed by atoms with E-state index in [-0.39, 0.29) is 23.8 Å². The average Bonchev–Trinajstić information content (AvgIpc) is 3.44. The summed E-state index contributed by atoms with van der Waals surface area (Å²) in [5.74, 6) is -0.479. The molecule has 1 aliphatic carbocycles. The number of amidine groups is 1. The lowest BCUT2D eigenvalue weighted by Gasteiger charge is -2.10. The predicted octanol–water partition coefficient (Wildman–Crippen LogP) is 5.08. The third-order valence-corrected chi connectivity index (χ3v) is 5.07. The number of halogens is 4. The van der Waals surface area contributed by atoms with Gasteiger partial charge in [-0.3, -0.25) is 14.9 Å². The minimum atomic E-state index is -4.47. The van der Waals surface area contributed by atoms with E-state index in [1.165, 1.54) is 6.07 Å². The first-order valence-electron chi connectivity index (χ1n) is 10.0. The van der Waals surface area contributed by atoms with Gasteiger partial charge in [0.2, 0.25) is 0 Å². The molecule has 166 valence electrons. The second kappa shape index (κ2) is 8.57. The molecule has 1 heterocycles. The molecule has 0 radical (unpaired) electrons. The quantitative estimate of drug-likeness (QED) is 0.328. The largest absolute Gasteiger partial charge is 0.416 e. The van der Waals surface area contributed by atoms with Gasteiger partial charge in [-0.05, 0) is 61.7 Å². The van der Waals surface area contributed by atoms with Gasteiger partial charge in [-0.1, -0.05) is 12.1 Å². The standard InChI is InChI=1S/C23H20F4N4O/c1-13-2-3-15(10-19(13)24)20-11-18(30-31-20)12-21(28-17-8-9-17)29-22(32)14-4-6-16(7-5-14)23(25,26)27/h2-7,10-11,17H,8-9,12H2,1H3,(H,30,31)(H,28,29,32). The lowest BCUT2D eigenvalue weighted by Crippen LogP contribution is -2.32. The summed E-state index contributed by atoms with van der Waals surface area (Å²) in [5.41, 5.74) is 1.65.